The number of piperidine rings is 1. The number of rotatable bonds is 4. The Kier molecular flexibility index (Phi) is 5.44. The number of hydrogen-bond donors (Lipinski definition) is 0. The van der Waals surface area contributed by atoms with Crippen molar-refractivity contribution in [3.05, 3.63) is 53.6 Å². The minimum atomic E-state index is -0.434. The fourth-order valence-electron chi connectivity index (χ4n) is 5.58. The predicted molar refractivity (Wildman–Crippen MR) is 132 cm³/mol. The Hall–Kier alpha value is -3.24. The second kappa shape index (κ2) is 8.21. The molecule has 5 rings (SSSR count). The van der Waals surface area contributed by atoms with E-state index in [1.165, 1.54) is 5.56 Å². The summed E-state index contributed by atoms with van der Waals surface area (Å²) in [6.45, 7) is 12.9. The summed E-state index contributed by atoms with van der Waals surface area (Å²) in [7, 11) is 0. The van der Waals surface area contributed by atoms with Crippen molar-refractivity contribution in [2.24, 2.45) is 5.41 Å². The summed E-state index contributed by atoms with van der Waals surface area (Å²) in [5, 5.41) is 10.2. The minimum absolute atomic E-state index is 0.000411. The first-order valence-corrected chi connectivity index (χ1v) is 12.1. The van der Waals surface area contributed by atoms with E-state index in [0.29, 0.717) is 6.54 Å². The Morgan fingerprint density at radius 2 is 1.91 bits per heavy atom. The Bertz CT molecular complexity index is 1290. The molecule has 176 valence electrons. The summed E-state index contributed by atoms with van der Waals surface area (Å²) >= 11 is 0. The molecule has 2 aromatic heterocycles. The predicted octanol–water partition coefficient (Wildman–Crippen LogP) is 4.25. The van der Waals surface area contributed by atoms with E-state index < -0.39 is 5.41 Å². The van der Waals surface area contributed by atoms with Crippen LogP contribution in [0.1, 0.15) is 57.6 Å². The number of benzene rings is 1. The average molecular weight is 457 g/mol. The van der Waals surface area contributed by atoms with Gasteiger partial charge in [-0.15, -0.1) is 0 Å². The van der Waals surface area contributed by atoms with Crippen molar-refractivity contribution < 1.29 is 4.79 Å². The lowest BCUT2D eigenvalue weighted by Gasteiger charge is -2.38. The molecule has 2 aliphatic rings. The fourth-order valence-corrected chi connectivity index (χ4v) is 5.58. The highest BCUT2D eigenvalue weighted by Gasteiger charge is 2.51. The molecule has 1 spiro atoms. The van der Waals surface area contributed by atoms with Crippen molar-refractivity contribution in [3.8, 4) is 6.07 Å². The molecule has 0 aliphatic carbocycles. The quantitative estimate of drug-likeness (QED) is 0.587. The Morgan fingerprint density at radius 1 is 1.18 bits per heavy atom. The molecule has 0 radical (unpaired) electrons. The van der Waals surface area contributed by atoms with Gasteiger partial charge in [0, 0.05) is 29.5 Å². The molecule has 0 atom stereocenters. The van der Waals surface area contributed by atoms with E-state index in [1.54, 1.807) is 6.20 Å². The number of nitriles is 1. The van der Waals surface area contributed by atoms with E-state index in [4.69, 9.17) is 0 Å². The lowest BCUT2D eigenvalue weighted by Crippen LogP contribution is -2.48. The minimum Gasteiger partial charge on any atom is -0.327 e. The van der Waals surface area contributed by atoms with Crippen LogP contribution in [-0.4, -0.2) is 45.0 Å². The molecule has 3 aromatic rings. The molecule has 4 heterocycles. The maximum atomic E-state index is 14.1. The number of aromatic nitrogens is 3. The van der Waals surface area contributed by atoms with Crippen molar-refractivity contribution in [2.75, 3.05) is 24.5 Å². The van der Waals surface area contributed by atoms with E-state index in [9.17, 15) is 10.1 Å². The number of anilines is 1. The average Bonchev–Trinajstić information content (AvgIpc) is 3.27. The Balaban J connectivity index is 1.57. The molecule has 2 aliphatic heterocycles. The third-order valence-corrected chi connectivity index (χ3v) is 7.29. The van der Waals surface area contributed by atoms with Crippen LogP contribution in [0.4, 0.5) is 5.69 Å². The summed E-state index contributed by atoms with van der Waals surface area (Å²) in [5.74, 6) is 0.373. The number of hydrogen-bond acceptors (Lipinski definition) is 5. The van der Waals surface area contributed by atoms with Gasteiger partial charge >= 0.3 is 0 Å². The van der Waals surface area contributed by atoms with Crippen LogP contribution in [0.3, 0.4) is 0 Å². The second-order valence-corrected chi connectivity index (χ2v) is 10.8. The van der Waals surface area contributed by atoms with Crippen LogP contribution >= 0.6 is 0 Å². The molecule has 0 saturated carbocycles. The summed E-state index contributed by atoms with van der Waals surface area (Å²) < 4.78 is 2.17. The standard InChI is InChI=1S/C27H32N6O/c1-5-31-12-10-27(11-13-31)21-8-6-7-9-22(21)32(25(27)34)17-20-14-19-16-29-23(15-28)30-24(19)33(20)18-26(2,3)4/h6-9,14,16H,5,10-13,17-18H2,1-4H3. The topological polar surface area (TPSA) is 78.1 Å². The van der Waals surface area contributed by atoms with Gasteiger partial charge in [0.1, 0.15) is 11.7 Å². The lowest BCUT2D eigenvalue weighted by molar-refractivity contribution is -0.125. The smallest absolute Gasteiger partial charge is 0.238 e. The largest absolute Gasteiger partial charge is 0.327 e. The summed E-state index contributed by atoms with van der Waals surface area (Å²) in [4.78, 5) is 27.2. The molecule has 7 nitrogen and oxygen atoms in total. The molecule has 7 heteroatoms. The van der Waals surface area contributed by atoms with Gasteiger partial charge in [0.2, 0.25) is 11.7 Å². The van der Waals surface area contributed by atoms with Crippen LogP contribution in [0.25, 0.3) is 11.0 Å². The van der Waals surface area contributed by atoms with E-state index >= 15 is 0 Å². The van der Waals surface area contributed by atoms with E-state index in [-0.39, 0.29) is 17.1 Å². The molecule has 0 bridgehead atoms. The summed E-state index contributed by atoms with van der Waals surface area (Å²) in [6.07, 6.45) is 3.43. The monoisotopic (exact) mass is 456 g/mol. The van der Waals surface area contributed by atoms with Crippen LogP contribution in [-0.2, 0) is 23.3 Å². The number of fused-ring (bicyclic) bond motifs is 3. The Morgan fingerprint density at radius 3 is 2.59 bits per heavy atom. The number of amides is 1. The molecule has 1 fully saturated rings. The van der Waals surface area contributed by atoms with Gasteiger partial charge in [0.25, 0.3) is 0 Å². The molecule has 1 amide bonds. The SMILES string of the molecule is CCN1CCC2(CC1)C(=O)N(Cc1cc3cnc(C#N)nc3n1CC(C)(C)C)c1ccccc12. The zero-order chi connectivity index (χ0) is 24.1. The highest BCUT2D eigenvalue weighted by molar-refractivity contribution is 6.08. The number of carbonyl (C=O) groups excluding carboxylic acids is 1. The van der Waals surface area contributed by atoms with Crippen LogP contribution in [0, 0.1) is 16.7 Å². The molecule has 1 aromatic carbocycles. The number of carbonyl (C=O) groups is 1. The first kappa shape index (κ1) is 22.5. The number of likely N-dealkylation sites (tertiary alicyclic amines) is 1. The van der Waals surface area contributed by atoms with Gasteiger partial charge in [-0.1, -0.05) is 45.9 Å². The lowest BCUT2D eigenvalue weighted by atomic mass is 9.73. The van der Waals surface area contributed by atoms with Crippen molar-refractivity contribution in [1.82, 2.24) is 19.4 Å². The van der Waals surface area contributed by atoms with Gasteiger partial charge in [0.15, 0.2) is 0 Å². The van der Waals surface area contributed by atoms with Crippen molar-refractivity contribution in [1.29, 1.82) is 5.26 Å². The van der Waals surface area contributed by atoms with Crippen LogP contribution in [0.15, 0.2) is 36.5 Å². The molecular formula is C27H32N6O. The fraction of sp³-hybridized carbons (Fsp3) is 0.481. The molecule has 34 heavy (non-hydrogen) atoms. The molecule has 0 unspecified atom stereocenters. The van der Waals surface area contributed by atoms with Crippen molar-refractivity contribution in [2.45, 2.75) is 59.0 Å². The van der Waals surface area contributed by atoms with Gasteiger partial charge in [-0.3, -0.25) is 4.79 Å². The van der Waals surface area contributed by atoms with E-state index in [0.717, 1.165) is 61.4 Å². The zero-order valence-corrected chi connectivity index (χ0v) is 20.5. The van der Waals surface area contributed by atoms with Gasteiger partial charge in [0.05, 0.1) is 12.0 Å². The van der Waals surface area contributed by atoms with Crippen molar-refractivity contribution >= 4 is 22.6 Å². The first-order valence-electron chi connectivity index (χ1n) is 12.1. The zero-order valence-electron chi connectivity index (χ0n) is 20.5. The van der Waals surface area contributed by atoms with Gasteiger partial charge in [-0.05, 0) is 55.6 Å². The summed E-state index contributed by atoms with van der Waals surface area (Å²) in [6, 6.07) is 12.4. The Labute approximate surface area is 201 Å². The number of para-hydroxylation sites is 1. The third-order valence-electron chi connectivity index (χ3n) is 7.29. The normalized spacial score (nSPS) is 18.0. The van der Waals surface area contributed by atoms with Crippen LogP contribution in [0.2, 0.25) is 0 Å². The highest BCUT2D eigenvalue weighted by atomic mass is 16.2. The molecular weight excluding hydrogens is 424 g/mol. The second-order valence-electron chi connectivity index (χ2n) is 10.8. The highest BCUT2D eigenvalue weighted by Crippen LogP contribution is 2.48. The maximum absolute atomic E-state index is 14.1. The van der Waals surface area contributed by atoms with Gasteiger partial charge in [-0.2, -0.15) is 5.26 Å². The molecule has 1 saturated heterocycles. The first-order chi connectivity index (χ1) is 16.3. The molecule has 0 N–H and O–H groups in total. The summed E-state index contributed by atoms with van der Waals surface area (Å²) in [5.41, 5.74) is 3.52. The van der Waals surface area contributed by atoms with Crippen LogP contribution in [0.5, 0.6) is 0 Å². The van der Waals surface area contributed by atoms with Crippen LogP contribution < -0.4 is 4.90 Å². The maximum Gasteiger partial charge on any atom is 0.238 e. The van der Waals surface area contributed by atoms with Crippen molar-refractivity contribution in [3.63, 3.8) is 0 Å². The van der Waals surface area contributed by atoms with Gasteiger partial charge in [-0.25, -0.2) is 9.97 Å². The van der Waals surface area contributed by atoms with E-state index in [1.807, 2.05) is 11.0 Å². The number of nitrogens with zero attached hydrogens (tertiary/aromatic N) is 6. The third kappa shape index (κ3) is 3.67. The van der Waals surface area contributed by atoms with E-state index in [2.05, 4.69) is 77.5 Å². The van der Waals surface area contributed by atoms with Gasteiger partial charge < -0.3 is 14.4 Å².